The molecule has 5 heterocycles. The SMILES string of the molecule is C.C.C.CC(=O)Nc1nc2c(s1)-c1c(c(-c3cccnc3)nn1C1CCC(C(=O)N(C)[C@@H]3CCN(C4CCCC4)C3)CC1)OC2. The van der Waals surface area contributed by atoms with Crippen molar-refractivity contribution in [3.63, 3.8) is 0 Å². The summed E-state index contributed by atoms with van der Waals surface area (Å²) in [6, 6.07) is 5.10. The summed E-state index contributed by atoms with van der Waals surface area (Å²) in [6.45, 7) is 3.96. The van der Waals surface area contributed by atoms with E-state index in [1.807, 2.05) is 25.4 Å². The third-order valence-electron chi connectivity index (χ3n) is 9.67. The summed E-state index contributed by atoms with van der Waals surface area (Å²) >= 11 is 1.46. The van der Waals surface area contributed by atoms with E-state index in [1.165, 1.54) is 43.9 Å². The average molecular weight is 638 g/mol. The summed E-state index contributed by atoms with van der Waals surface area (Å²) in [5.74, 6) is 0.943. The quantitative estimate of drug-likeness (QED) is 0.309. The van der Waals surface area contributed by atoms with E-state index >= 15 is 0 Å². The lowest BCUT2D eigenvalue weighted by molar-refractivity contribution is -0.137. The van der Waals surface area contributed by atoms with Crippen LogP contribution < -0.4 is 10.1 Å². The highest BCUT2D eigenvalue weighted by Crippen LogP contribution is 2.49. The molecule has 3 aromatic rings. The maximum absolute atomic E-state index is 13.6. The summed E-state index contributed by atoms with van der Waals surface area (Å²) in [7, 11) is 2.02. The van der Waals surface area contributed by atoms with Gasteiger partial charge in [0, 0.05) is 63.0 Å². The van der Waals surface area contributed by atoms with Crippen LogP contribution in [0.15, 0.2) is 24.5 Å². The molecule has 0 aromatic carbocycles. The fourth-order valence-electron chi connectivity index (χ4n) is 7.42. The van der Waals surface area contributed by atoms with Crippen molar-refractivity contribution in [3.05, 3.63) is 30.2 Å². The van der Waals surface area contributed by atoms with Gasteiger partial charge < -0.3 is 15.0 Å². The van der Waals surface area contributed by atoms with Crippen LogP contribution in [-0.2, 0) is 16.2 Å². The standard InChI is InChI=1S/C31H39N7O3S.3CH4/c1-19(39)33-31-34-25-18-41-28-26(21-6-5-14-32-16-21)35-38(27(28)29(25)42-31)23-11-9-20(10-12-23)30(40)36(2)24-13-15-37(17-24)22-7-3-4-8-22;;;/h5-6,14,16,20,22-24H,3-4,7-13,15,17-18H2,1-2H3,(H,33,34,39);3*1H4/t20?,23?,24-;;;/m1.../s1. The molecule has 0 spiro atoms. The zero-order valence-corrected chi connectivity index (χ0v) is 25.2. The molecule has 1 N–H and O–H groups in total. The molecule has 0 unspecified atom stereocenters. The maximum atomic E-state index is 13.6. The smallest absolute Gasteiger partial charge is 0.225 e. The molecule has 2 saturated carbocycles. The highest BCUT2D eigenvalue weighted by molar-refractivity contribution is 7.19. The largest absolute Gasteiger partial charge is 0.483 e. The third-order valence-corrected chi connectivity index (χ3v) is 10.7. The van der Waals surface area contributed by atoms with Crippen molar-refractivity contribution in [1.29, 1.82) is 0 Å². The van der Waals surface area contributed by atoms with Crippen molar-refractivity contribution in [3.8, 4) is 27.6 Å². The van der Waals surface area contributed by atoms with E-state index < -0.39 is 0 Å². The van der Waals surface area contributed by atoms with Crippen LogP contribution in [0, 0.1) is 5.92 Å². The molecule has 3 aromatic heterocycles. The Hall–Kier alpha value is -3.31. The van der Waals surface area contributed by atoms with Gasteiger partial charge in [0.15, 0.2) is 10.9 Å². The molecule has 1 atom stereocenters. The zero-order chi connectivity index (χ0) is 28.8. The number of carbonyl (C=O) groups excluding carboxylic acids is 2. The molecular formula is C34H51N7O3S. The van der Waals surface area contributed by atoms with Crippen molar-refractivity contribution in [2.45, 2.75) is 112 Å². The lowest BCUT2D eigenvalue weighted by Gasteiger charge is -2.34. The summed E-state index contributed by atoms with van der Waals surface area (Å²) in [6.07, 6.45) is 13.4. The van der Waals surface area contributed by atoms with Gasteiger partial charge in [0.25, 0.3) is 0 Å². The normalized spacial score (nSPS) is 22.6. The van der Waals surface area contributed by atoms with Gasteiger partial charge in [-0.25, -0.2) is 4.98 Å². The number of rotatable bonds is 6. The molecule has 2 aliphatic heterocycles. The number of anilines is 1. The zero-order valence-electron chi connectivity index (χ0n) is 24.4. The predicted octanol–water partition coefficient (Wildman–Crippen LogP) is 7.03. The molecule has 2 aliphatic carbocycles. The summed E-state index contributed by atoms with van der Waals surface area (Å²) in [4.78, 5) is 40.0. The van der Waals surface area contributed by atoms with E-state index in [4.69, 9.17) is 9.84 Å². The Morgan fingerprint density at radius 1 is 1.04 bits per heavy atom. The van der Waals surface area contributed by atoms with Crippen LogP contribution in [0.2, 0.25) is 0 Å². The van der Waals surface area contributed by atoms with Gasteiger partial charge in [0.2, 0.25) is 11.8 Å². The Bertz CT molecular complexity index is 1460. The Morgan fingerprint density at radius 2 is 1.80 bits per heavy atom. The number of hydrogen-bond acceptors (Lipinski definition) is 8. The molecule has 10 nitrogen and oxygen atoms in total. The number of fused-ring (bicyclic) bond motifs is 3. The topological polar surface area (TPSA) is 105 Å². The molecule has 7 rings (SSSR count). The van der Waals surface area contributed by atoms with Gasteiger partial charge in [-0.3, -0.25) is 24.2 Å². The van der Waals surface area contributed by atoms with Gasteiger partial charge >= 0.3 is 0 Å². The van der Waals surface area contributed by atoms with Gasteiger partial charge in [0.1, 0.15) is 23.7 Å². The van der Waals surface area contributed by atoms with Gasteiger partial charge in [-0.15, -0.1) is 0 Å². The van der Waals surface area contributed by atoms with Crippen LogP contribution in [0.3, 0.4) is 0 Å². The van der Waals surface area contributed by atoms with Crippen LogP contribution in [0.25, 0.3) is 21.8 Å². The van der Waals surface area contributed by atoms with E-state index in [0.29, 0.717) is 23.7 Å². The molecular weight excluding hydrogens is 586 g/mol. The van der Waals surface area contributed by atoms with Crippen molar-refractivity contribution < 1.29 is 14.3 Å². The van der Waals surface area contributed by atoms with Crippen molar-refractivity contribution in [1.82, 2.24) is 29.5 Å². The summed E-state index contributed by atoms with van der Waals surface area (Å²) in [5.41, 5.74) is 3.39. The molecule has 0 bridgehead atoms. The Kier molecular flexibility index (Phi) is 11.1. The molecule has 4 aliphatic rings. The second-order valence-corrected chi connectivity index (χ2v) is 13.3. The number of nitrogens with zero attached hydrogens (tertiary/aromatic N) is 6. The minimum absolute atomic E-state index is 0. The highest BCUT2D eigenvalue weighted by atomic mass is 32.1. The van der Waals surface area contributed by atoms with Gasteiger partial charge in [-0.2, -0.15) is 5.10 Å². The van der Waals surface area contributed by atoms with Gasteiger partial charge in [-0.05, 0) is 57.1 Å². The number of aromatic nitrogens is 4. The molecule has 2 amide bonds. The van der Waals surface area contributed by atoms with Crippen LogP contribution >= 0.6 is 11.3 Å². The number of nitrogens with one attached hydrogen (secondary N) is 1. The van der Waals surface area contributed by atoms with E-state index in [9.17, 15) is 9.59 Å². The van der Waals surface area contributed by atoms with E-state index in [1.54, 1.807) is 6.20 Å². The summed E-state index contributed by atoms with van der Waals surface area (Å²) < 4.78 is 8.38. The first kappa shape index (κ1) is 34.6. The first-order valence-corrected chi connectivity index (χ1v) is 16.2. The molecule has 1 saturated heterocycles. The molecule has 0 radical (unpaired) electrons. The number of hydrogen-bond donors (Lipinski definition) is 1. The lowest BCUT2D eigenvalue weighted by atomic mass is 9.85. The first-order chi connectivity index (χ1) is 20.5. The molecule has 246 valence electrons. The Morgan fingerprint density at radius 3 is 2.49 bits per heavy atom. The van der Waals surface area contributed by atoms with Gasteiger partial charge in [-0.1, -0.05) is 46.5 Å². The number of likely N-dealkylation sites (N-methyl/N-ethyl adjacent to an activating group) is 1. The first-order valence-electron chi connectivity index (χ1n) is 15.4. The maximum Gasteiger partial charge on any atom is 0.225 e. The van der Waals surface area contributed by atoms with Crippen molar-refractivity contribution in [2.24, 2.45) is 5.92 Å². The molecule has 3 fully saturated rings. The fourth-order valence-corrected chi connectivity index (χ4v) is 8.47. The van der Waals surface area contributed by atoms with Gasteiger partial charge in [0.05, 0.1) is 10.9 Å². The second kappa shape index (κ2) is 14.4. The van der Waals surface area contributed by atoms with E-state index in [-0.39, 0.29) is 40.1 Å². The number of likely N-dealkylation sites (tertiary alicyclic amines) is 1. The highest BCUT2D eigenvalue weighted by Gasteiger charge is 2.38. The van der Waals surface area contributed by atoms with Crippen LogP contribution in [-0.4, -0.2) is 73.6 Å². The number of pyridine rings is 1. The molecule has 45 heavy (non-hydrogen) atoms. The van der Waals surface area contributed by atoms with Crippen molar-refractivity contribution in [2.75, 3.05) is 25.5 Å². The Labute approximate surface area is 272 Å². The fraction of sp³-hybridized carbons (Fsp3) is 0.618. The lowest BCUT2D eigenvalue weighted by Crippen LogP contribution is -2.44. The average Bonchev–Trinajstić information content (AvgIpc) is 3.81. The third kappa shape index (κ3) is 6.65. The number of carbonyl (C=O) groups is 2. The van der Waals surface area contributed by atoms with E-state index in [2.05, 4.69) is 29.8 Å². The van der Waals surface area contributed by atoms with E-state index in [0.717, 1.165) is 84.5 Å². The Balaban J connectivity index is 0.00000154. The number of ether oxygens (including phenoxy) is 1. The van der Waals surface area contributed by atoms with Crippen LogP contribution in [0.5, 0.6) is 5.75 Å². The number of amides is 2. The summed E-state index contributed by atoms with van der Waals surface area (Å²) in [5, 5.41) is 8.51. The van der Waals surface area contributed by atoms with Crippen molar-refractivity contribution >= 4 is 28.3 Å². The number of thiazole rings is 1. The second-order valence-electron chi connectivity index (χ2n) is 12.3. The predicted molar refractivity (Wildman–Crippen MR) is 181 cm³/mol. The van der Waals surface area contributed by atoms with Crippen LogP contribution in [0.4, 0.5) is 5.13 Å². The van der Waals surface area contributed by atoms with Crippen LogP contribution in [0.1, 0.15) is 98.7 Å². The molecule has 11 heteroatoms. The minimum atomic E-state index is -0.149. The monoisotopic (exact) mass is 637 g/mol. The minimum Gasteiger partial charge on any atom is -0.483 e.